The van der Waals surface area contributed by atoms with E-state index in [2.05, 4.69) is 20.7 Å². The number of aromatic nitrogens is 2. The third-order valence-electron chi connectivity index (χ3n) is 3.40. The molecule has 0 radical (unpaired) electrons. The standard InChI is InChI=1S/C17H10Cl3FN4O/c18-11-2-1-3-14(21)10(11)8-22-25-17(26)16-7-15(23-24-16)9-4-5-12(19)13(20)6-9/h1-8H,(H,23,24)(H,25,26)/b22-8-. The van der Waals surface area contributed by atoms with Crippen molar-refractivity contribution in [1.29, 1.82) is 0 Å². The smallest absolute Gasteiger partial charge is 0.272 e. The molecule has 3 rings (SSSR count). The van der Waals surface area contributed by atoms with E-state index in [9.17, 15) is 9.18 Å². The van der Waals surface area contributed by atoms with E-state index in [1.807, 2.05) is 0 Å². The molecule has 1 aromatic heterocycles. The Hall–Kier alpha value is -2.41. The molecule has 1 heterocycles. The second kappa shape index (κ2) is 7.86. The van der Waals surface area contributed by atoms with Gasteiger partial charge in [0.1, 0.15) is 11.5 Å². The lowest BCUT2D eigenvalue weighted by Crippen LogP contribution is -2.18. The highest BCUT2D eigenvalue weighted by atomic mass is 35.5. The Morgan fingerprint density at radius 1 is 1.12 bits per heavy atom. The van der Waals surface area contributed by atoms with Gasteiger partial charge >= 0.3 is 0 Å². The van der Waals surface area contributed by atoms with Crippen LogP contribution in [0.4, 0.5) is 4.39 Å². The van der Waals surface area contributed by atoms with Crippen LogP contribution in [-0.4, -0.2) is 22.3 Å². The van der Waals surface area contributed by atoms with Crippen molar-refractivity contribution in [2.24, 2.45) is 5.10 Å². The molecular formula is C17H10Cl3FN4O. The molecule has 132 valence electrons. The van der Waals surface area contributed by atoms with Gasteiger partial charge in [-0.05, 0) is 30.3 Å². The molecular weight excluding hydrogens is 402 g/mol. The number of hydrazone groups is 1. The molecule has 0 saturated carbocycles. The first-order chi connectivity index (χ1) is 12.5. The highest BCUT2D eigenvalue weighted by Crippen LogP contribution is 2.27. The summed E-state index contributed by atoms with van der Waals surface area (Å²) in [5, 5.41) is 11.3. The first-order valence-electron chi connectivity index (χ1n) is 7.24. The van der Waals surface area contributed by atoms with Crippen LogP contribution in [0.3, 0.4) is 0 Å². The maximum absolute atomic E-state index is 13.6. The lowest BCUT2D eigenvalue weighted by Gasteiger charge is -2.00. The zero-order valence-corrected chi connectivity index (χ0v) is 15.2. The molecule has 0 aliphatic rings. The van der Waals surface area contributed by atoms with E-state index in [1.165, 1.54) is 24.3 Å². The van der Waals surface area contributed by atoms with Gasteiger partial charge < -0.3 is 0 Å². The summed E-state index contributed by atoms with van der Waals surface area (Å²) >= 11 is 17.7. The first-order valence-corrected chi connectivity index (χ1v) is 8.37. The predicted molar refractivity (Wildman–Crippen MR) is 101 cm³/mol. The average molecular weight is 412 g/mol. The summed E-state index contributed by atoms with van der Waals surface area (Å²) < 4.78 is 13.6. The average Bonchev–Trinajstić information content (AvgIpc) is 3.10. The van der Waals surface area contributed by atoms with Gasteiger partial charge in [-0.3, -0.25) is 9.89 Å². The van der Waals surface area contributed by atoms with Crippen molar-refractivity contribution < 1.29 is 9.18 Å². The molecule has 2 N–H and O–H groups in total. The van der Waals surface area contributed by atoms with Crippen molar-refractivity contribution in [1.82, 2.24) is 15.6 Å². The lowest BCUT2D eigenvalue weighted by molar-refractivity contribution is 0.0950. The molecule has 0 aliphatic heterocycles. The minimum atomic E-state index is -0.549. The molecule has 0 unspecified atom stereocenters. The molecule has 0 aliphatic carbocycles. The van der Waals surface area contributed by atoms with E-state index < -0.39 is 11.7 Å². The third-order valence-corrected chi connectivity index (χ3v) is 4.47. The number of carbonyl (C=O) groups excluding carboxylic acids is 1. The zero-order chi connectivity index (χ0) is 18.7. The Morgan fingerprint density at radius 3 is 2.65 bits per heavy atom. The fourth-order valence-electron chi connectivity index (χ4n) is 2.09. The zero-order valence-electron chi connectivity index (χ0n) is 12.9. The van der Waals surface area contributed by atoms with Crippen LogP contribution in [0.5, 0.6) is 0 Å². The number of halogens is 4. The molecule has 0 fully saturated rings. The highest BCUT2D eigenvalue weighted by molar-refractivity contribution is 6.42. The normalized spacial score (nSPS) is 11.1. The van der Waals surface area contributed by atoms with Gasteiger partial charge in [-0.2, -0.15) is 10.2 Å². The second-order valence-electron chi connectivity index (χ2n) is 5.13. The molecule has 0 spiro atoms. The van der Waals surface area contributed by atoms with Crippen LogP contribution < -0.4 is 5.43 Å². The van der Waals surface area contributed by atoms with Crippen LogP contribution in [0, 0.1) is 5.82 Å². The summed E-state index contributed by atoms with van der Waals surface area (Å²) in [5.74, 6) is -1.09. The molecule has 3 aromatic rings. The van der Waals surface area contributed by atoms with Gasteiger partial charge in [0.15, 0.2) is 0 Å². The topological polar surface area (TPSA) is 70.1 Å². The predicted octanol–water partition coefficient (Wildman–Crippen LogP) is 4.94. The summed E-state index contributed by atoms with van der Waals surface area (Å²) in [6.07, 6.45) is 1.13. The molecule has 0 bridgehead atoms. The van der Waals surface area contributed by atoms with Crippen LogP contribution in [0.25, 0.3) is 11.3 Å². The van der Waals surface area contributed by atoms with Crippen LogP contribution in [-0.2, 0) is 0 Å². The number of H-pyrrole nitrogens is 1. The van der Waals surface area contributed by atoms with Crippen molar-refractivity contribution in [3.8, 4) is 11.3 Å². The monoisotopic (exact) mass is 410 g/mol. The Morgan fingerprint density at radius 2 is 1.92 bits per heavy atom. The van der Waals surface area contributed by atoms with E-state index in [-0.39, 0.29) is 16.3 Å². The maximum Gasteiger partial charge on any atom is 0.289 e. The number of hydrogen-bond acceptors (Lipinski definition) is 3. The molecule has 5 nitrogen and oxygen atoms in total. The summed E-state index contributed by atoms with van der Waals surface area (Å²) in [7, 11) is 0. The number of nitrogens with one attached hydrogen (secondary N) is 2. The van der Waals surface area contributed by atoms with E-state index in [1.54, 1.807) is 18.2 Å². The van der Waals surface area contributed by atoms with Gasteiger partial charge in [0.05, 0.1) is 27.0 Å². The van der Waals surface area contributed by atoms with E-state index >= 15 is 0 Å². The summed E-state index contributed by atoms with van der Waals surface area (Å²) in [6, 6.07) is 10.8. The second-order valence-corrected chi connectivity index (χ2v) is 6.35. The summed E-state index contributed by atoms with van der Waals surface area (Å²) in [4.78, 5) is 12.1. The van der Waals surface area contributed by atoms with Crippen LogP contribution in [0.15, 0.2) is 47.6 Å². The Balaban J connectivity index is 1.72. The quantitative estimate of drug-likeness (QED) is 0.471. The Bertz CT molecular complexity index is 983. The molecule has 2 aromatic carbocycles. The Labute approximate surface area is 162 Å². The van der Waals surface area contributed by atoms with E-state index in [4.69, 9.17) is 34.8 Å². The van der Waals surface area contributed by atoms with E-state index in [0.717, 1.165) is 6.21 Å². The summed E-state index contributed by atoms with van der Waals surface area (Å²) in [5.41, 5.74) is 3.72. The van der Waals surface area contributed by atoms with Crippen LogP contribution in [0.1, 0.15) is 16.1 Å². The van der Waals surface area contributed by atoms with Crippen LogP contribution in [0.2, 0.25) is 15.1 Å². The first kappa shape index (κ1) is 18.4. The van der Waals surface area contributed by atoms with Crippen molar-refractivity contribution in [2.75, 3.05) is 0 Å². The molecule has 9 heteroatoms. The van der Waals surface area contributed by atoms with Crippen molar-refractivity contribution in [2.45, 2.75) is 0 Å². The number of benzene rings is 2. The van der Waals surface area contributed by atoms with Gasteiger partial charge in [-0.1, -0.05) is 46.9 Å². The number of aromatic amines is 1. The Kier molecular flexibility index (Phi) is 5.56. The number of rotatable bonds is 4. The van der Waals surface area contributed by atoms with Gasteiger partial charge in [-0.15, -0.1) is 0 Å². The minimum absolute atomic E-state index is 0.0792. The van der Waals surface area contributed by atoms with Gasteiger partial charge in [0.25, 0.3) is 5.91 Å². The largest absolute Gasteiger partial charge is 0.289 e. The van der Waals surface area contributed by atoms with Gasteiger partial charge in [0.2, 0.25) is 0 Å². The molecule has 0 saturated heterocycles. The fourth-order valence-corrected chi connectivity index (χ4v) is 2.60. The van der Waals surface area contributed by atoms with Crippen molar-refractivity contribution in [3.05, 3.63) is 74.6 Å². The van der Waals surface area contributed by atoms with Gasteiger partial charge in [-0.25, -0.2) is 9.82 Å². The van der Waals surface area contributed by atoms with Crippen LogP contribution >= 0.6 is 34.8 Å². The number of amides is 1. The van der Waals surface area contributed by atoms with Crippen molar-refractivity contribution in [3.63, 3.8) is 0 Å². The maximum atomic E-state index is 13.6. The SMILES string of the molecule is O=C(N/N=C\c1c(F)cccc1Cl)c1cc(-c2ccc(Cl)c(Cl)c2)n[nH]1. The minimum Gasteiger partial charge on any atom is -0.272 e. The van der Waals surface area contributed by atoms with E-state index in [0.29, 0.717) is 21.3 Å². The fraction of sp³-hybridized carbons (Fsp3) is 0. The number of hydrogen-bond donors (Lipinski definition) is 2. The lowest BCUT2D eigenvalue weighted by atomic mass is 10.1. The summed E-state index contributed by atoms with van der Waals surface area (Å²) in [6.45, 7) is 0. The van der Waals surface area contributed by atoms with Crippen molar-refractivity contribution >= 4 is 46.9 Å². The number of carbonyl (C=O) groups is 1. The van der Waals surface area contributed by atoms with Gasteiger partial charge in [0, 0.05) is 11.1 Å². The molecule has 26 heavy (non-hydrogen) atoms. The third kappa shape index (κ3) is 4.04. The number of nitrogens with zero attached hydrogens (tertiary/aromatic N) is 2. The molecule has 1 amide bonds. The molecule has 0 atom stereocenters. The highest BCUT2D eigenvalue weighted by Gasteiger charge is 2.12.